The van der Waals surface area contributed by atoms with Crippen LogP contribution in [-0.4, -0.2) is 37.8 Å². The highest BCUT2D eigenvalue weighted by Crippen LogP contribution is 2.36. The third-order valence-corrected chi connectivity index (χ3v) is 7.42. The summed E-state index contributed by atoms with van der Waals surface area (Å²) in [5.41, 5.74) is 2.37. The van der Waals surface area contributed by atoms with Crippen LogP contribution < -0.4 is 5.32 Å². The molecule has 0 unspecified atom stereocenters. The van der Waals surface area contributed by atoms with Crippen molar-refractivity contribution in [3.8, 4) is 0 Å². The van der Waals surface area contributed by atoms with E-state index in [1.807, 2.05) is 30.3 Å². The summed E-state index contributed by atoms with van der Waals surface area (Å²) in [4.78, 5) is 25.0. The highest BCUT2D eigenvalue weighted by atomic mass is 32.2. The largest absolute Gasteiger partial charge is 0.456 e. The predicted molar refractivity (Wildman–Crippen MR) is 124 cm³/mol. The summed E-state index contributed by atoms with van der Waals surface area (Å²) in [6, 6.07) is 23.8. The zero-order valence-electron chi connectivity index (χ0n) is 17.9. The minimum Gasteiger partial charge on any atom is -0.456 e. The maximum atomic E-state index is 13.4. The molecular weight excluding hydrogens is 440 g/mol. The van der Waals surface area contributed by atoms with E-state index in [-0.39, 0.29) is 17.9 Å². The summed E-state index contributed by atoms with van der Waals surface area (Å²) in [6.07, 6.45) is 0.356. The van der Waals surface area contributed by atoms with E-state index >= 15 is 0 Å². The number of sulfonamides is 1. The Hall–Kier alpha value is -3.49. The summed E-state index contributed by atoms with van der Waals surface area (Å²) in [7, 11) is -3.83. The van der Waals surface area contributed by atoms with Gasteiger partial charge in [-0.05, 0) is 41.8 Å². The van der Waals surface area contributed by atoms with Crippen LogP contribution in [0.4, 0.5) is 5.69 Å². The fourth-order valence-corrected chi connectivity index (χ4v) is 5.56. The van der Waals surface area contributed by atoms with Crippen LogP contribution >= 0.6 is 0 Å². The Morgan fingerprint density at radius 3 is 2.27 bits per heavy atom. The molecule has 170 valence electrons. The Morgan fingerprint density at radius 1 is 0.909 bits per heavy atom. The normalized spacial score (nSPS) is 15.9. The number of ether oxygens (including phenoxy) is 1. The number of benzene rings is 3. The number of rotatable bonds is 7. The van der Waals surface area contributed by atoms with Crippen molar-refractivity contribution in [1.29, 1.82) is 0 Å². The Kier molecular flexibility index (Phi) is 6.86. The molecule has 8 heteroatoms. The number of carbonyl (C=O) groups excluding carboxylic acids is 2. The van der Waals surface area contributed by atoms with Gasteiger partial charge in [0.2, 0.25) is 10.0 Å². The molecule has 3 aromatic rings. The smallest absolute Gasteiger partial charge is 0.308 e. The van der Waals surface area contributed by atoms with Crippen molar-refractivity contribution in [2.75, 3.05) is 18.5 Å². The quantitative estimate of drug-likeness (QED) is 0.540. The fraction of sp³-hybridized carbons (Fsp3) is 0.200. The molecule has 7 nitrogen and oxygen atoms in total. The fourth-order valence-electron chi connectivity index (χ4n) is 3.94. The molecule has 0 aliphatic carbocycles. The zero-order chi connectivity index (χ0) is 23.3. The van der Waals surface area contributed by atoms with Crippen LogP contribution in [0.3, 0.4) is 0 Å². The molecule has 3 aromatic carbocycles. The molecule has 1 atom stereocenters. The highest BCUT2D eigenvalue weighted by Gasteiger charge is 2.37. The molecule has 4 rings (SSSR count). The molecule has 0 aromatic heterocycles. The third kappa shape index (κ3) is 5.30. The van der Waals surface area contributed by atoms with Crippen LogP contribution in [0, 0.1) is 0 Å². The van der Waals surface area contributed by atoms with Crippen molar-refractivity contribution >= 4 is 27.6 Å². The second-order valence-electron chi connectivity index (χ2n) is 7.67. The molecule has 33 heavy (non-hydrogen) atoms. The summed E-state index contributed by atoms with van der Waals surface area (Å²) in [6.45, 7) is -0.200. The van der Waals surface area contributed by atoms with Crippen LogP contribution in [-0.2, 0) is 30.8 Å². The molecule has 0 bridgehead atoms. The van der Waals surface area contributed by atoms with Gasteiger partial charge in [-0.1, -0.05) is 60.7 Å². The van der Waals surface area contributed by atoms with Crippen LogP contribution in [0.5, 0.6) is 0 Å². The minimum atomic E-state index is -3.83. The summed E-state index contributed by atoms with van der Waals surface area (Å²) < 4.78 is 33.3. The Bertz CT molecular complexity index is 1230. The first-order valence-corrected chi connectivity index (χ1v) is 12.0. The van der Waals surface area contributed by atoms with Gasteiger partial charge in [0.25, 0.3) is 5.91 Å². The number of amides is 1. The molecule has 1 aliphatic rings. The minimum absolute atomic E-state index is 0.171. The number of para-hydroxylation sites is 1. The summed E-state index contributed by atoms with van der Waals surface area (Å²) >= 11 is 0. The number of carbonyl (C=O) groups is 2. The van der Waals surface area contributed by atoms with Gasteiger partial charge in [-0.25, -0.2) is 8.42 Å². The number of nitrogens with zero attached hydrogens (tertiary/aromatic N) is 1. The maximum absolute atomic E-state index is 13.4. The van der Waals surface area contributed by atoms with Crippen LogP contribution in [0.25, 0.3) is 0 Å². The standard InChI is InChI=1S/C25H24N2O5S/c28-24(26-20-10-3-1-4-11-20)18-32-25(29)17-23-22-14-8-7-9-19(22)15-16-27(23)33(30,31)21-12-5-2-6-13-21/h1-14,23H,15-18H2,(H,26,28)/t23-/m1/s1. The Morgan fingerprint density at radius 2 is 1.55 bits per heavy atom. The second-order valence-corrected chi connectivity index (χ2v) is 9.56. The van der Waals surface area contributed by atoms with Crippen molar-refractivity contribution in [3.63, 3.8) is 0 Å². The van der Waals surface area contributed by atoms with Crippen molar-refractivity contribution < 1.29 is 22.7 Å². The van der Waals surface area contributed by atoms with Gasteiger partial charge in [0, 0.05) is 12.2 Å². The van der Waals surface area contributed by atoms with Crippen molar-refractivity contribution in [3.05, 3.63) is 96.1 Å². The van der Waals surface area contributed by atoms with Gasteiger partial charge in [0.15, 0.2) is 6.61 Å². The van der Waals surface area contributed by atoms with Gasteiger partial charge < -0.3 is 10.1 Å². The SMILES string of the molecule is O=C(COC(=O)C[C@@H]1c2ccccc2CCN1S(=O)(=O)c1ccccc1)Nc1ccccc1. The first-order valence-electron chi connectivity index (χ1n) is 10.6. The first kappa shape index (κ1) is 22.7. The summed E-state index contributed by atoms with van der Waals surface area (Å²) in [5, 5.41) is 2.65. The van der Waals surface area contributed by atoms with E-state index in [9.17, 15) is 18.0 Å². The summed E-state index contributed by atoms with van der Waals surface area (Å²) in [5.74, 6) is -1.11. The molecule has 1 amide bonds. The molecular formula is C25H24N2O5S. The molecule has 0 saturated heterocycles. The van der Waals surface area contributed by atoms with Gasteiger partial charge in [-0.15, -0.1) is 0 Å². The lowest BCUT2D eigenvalue weighted by Crippen LogP contribution is -2.41. The second kappa shape index (κ2) is 9.97. The topological polar surface area (TPSA) is 92.8 Å². The molecule has 1 heterocycles. The van der Waals surface area contributed by atoms with Crippen LogP contribution in [0.2, 0.25) is 0 Å². The van der Waals surface area contributed by atoms with E-state index in [1.54, 1.807) is 54.6 Å². The van der Waals surface area contributed by atoms with E-state index in [2.05, 4.69) is 5.32 Å². The lowest BCUT2D eigenvalue weighted by molar-refractivity contribution is -0.148. The van der Waals surface area contributed by atoms with Crippen molar-refractivity contribution in [2.45, 2.75) is 23.8 Å². The lowest BCUT2D eigenvalue weighted by atomic mass is 9.92. The van der Waals surface area contributed by atoms with E-state index in [1.165, 1.54) is 4.31 Å². The highest BCUT2D eigenvalue weighted by molar-refractivity contribution is 7.89. The van der Waals surface area contributed by atoms with Crippen LogP contribution in [0.1, 0.15) is 23.6 Å². The van der Waals surface area contributed by atoms with E-state index < -0.39 is 34.5 Å². The van der Waals surface area contributed by atoms with Crippen molar-refractivity contribution in [2.24, 2.45) is 0 Å². The predicted octanol–water partition coefficient (Wildman–Crippen LogP) is 3.55. The number of hydrogen-bond donors (Lipinski definition) is 1. The van der Waals surface area contributed by atoms with Crippen molar-refractivity contribution in [1.82, 2.24) is 4.31 Å². The van der Waals surface area contributed by atoms with Gasteiger partial charge in [-0.2, -0.15) is 4.31 Å². The van der Waals surface area contributed by atoms with E-state index in [4.69, 9.17) is 4.74 Å². The Labute approximate surface area is 193 Å². The van der Waals surface area contributed by atoms with E-state index in [0.29, 0.717) is 12.1 Å². The Balaban J connectivity index is 1.50. The van der Waals surface area contributed by atoms with Gasteiger partial charge in [0.1, 0.15) is 0 Å². The number of fused-ring (bicyclic) bond motifs is 1. The van der Waals surface area contributed by atoms with E-state index in [0.717, 1.165) is 11.1 Å². The first-order chi connectivity index (χ1) is 15.9. The van der Waals surface area contributed by atoms with Gasteiger partial charge in [0.05, 0.1) is 17.4 Å². The molecule has 0 saturated carbocycles. The number of nitrogens with one attached hydrogen (secondary N) is 1. The number of anilines is 1. The average molecular weight is 465 g/mol. The molecule has 0 radical (unpaired) electrons. The van der Waals surface area contributed by atoms with Gasteiger partial charge in [-0.3, -0.25) is 9.59 Å². The third-order valence-electron chi connectivity index (χ3n) is 5.49. The molecule has 0 fully saturated rings. The zero-order valence-corrected chi connectivity index (χ0v) is 18.7. The monoisotopic (exact) mass is 464 g/mol. The lowest BCUT2D eigenvalue weighted by Gasteiger charge is -2.36. The molecule has 0 spiro atoms. The molecule has 1 aliphatic heterocycles. The maximum Gasteiger partial charge on any atom is 0.308 e. The molecule has 1 N–H and O–H groups in total. The number of hydrogen-bond acceptors (Lipinski definition) is 5. The average Bonchev–Trinajstić information content (AvgIpc) is 2.84. The van der Waals surface area contributed by atoms with Crippen LogP contribution in [0.15, 0.2) is 89.8 Å². The number of esters is 1. The van der Waals surface area contributed by atoms with Gasteiger partial charge >= 0.3 is 5.97 Å².